The average molecular weight is 377 g/mol. The third-order valence-electron chi connectivity index (χ3n) is 5.40. The lowest BCUT2D eigenvalue weighted by molar-refractivity contribution is -0.131. The van der Waals surface area contributed by atoms with E-state index in [2.05, 4.69) is 17.0 Å². The molecule has 0 aromatic heterocycles. The molecule has 0 saturated carbocycles. The zero-order chi connectivity index (χ0) is 19.6. The van der Waals surface area contributed by atoms with Crippen LogP contribution in [0.25, 0.3) is 6.08 Å². The maximum atomic E-state index is 12.9. The molecule has 2 aromatic rings. The minimum Gasteiger partial charge on any atom is -0.485 e. The fourth-order valence-electron chi connectivity index (χ4n) is 4.18. The highest BCUT2D eigenvalue weighted by Gasteiger charge is 2.43. The van der Waals surface area contributed by atoms with Gasteiger partial charge in [-0.2, -0.15) is 0 Å². The van der Waals surface area contributed by atoms with Crippen molar-refractivity contribution in [2.45, 2.75) is 31.4 Å². The highest BCUT2D eigenvalue weighted by atomic mass is 16.5. The largest absolute Gasteiger partial charge is 0.485 e. The van der Waals surface area contributed by atoms with Crippen LogP contribution in [0.1, 0.15) is 40.7 Å². The van der Waals surface area contributed by atoms with Crippen molar-refractivity contribution in [1.82, 2.24) is 4.90 Å². The smallest absolute Gasteiger partial charge is 0.328 e. The average Bonchev–Trinajstić information content (AvgIpc) is 2.67. The Kier molecular flexibility index (Phi) is 5.01. The summed E-state index contributed by atoms with van der Waals surface area (Å²) in [6.07, 6.45) is 4.78. The predicted octanol–water partition coefficient (Wildman–Crippen LogP) is 3.78. The Bertz CT molecular complexity index is 921. The Morgan fingerprint density at radius 2 is 2.04 bits per heavy atom. The summed E-state index contributed by atoms with van der Waals surface area (Å²) in [4.78, 5) is 25.9. The zero-order valence-corrected chi connectivity index (χ0v) is 15.6. The molecule has 0 aliphatic carbocycles. The van der Waals surface area contributed by atoms with Gasteiger partial charge in [0.25, 0.3) is 0 Å². The van der Waals surface area contributed by atoms with Crippen molar-refractivity contribution in [2.24, 2.45) is 0 Å². The molecule has 2 aliphatic rings. The summed E-state index contributed by atoms with van der Waals surface area (Å²) in [5.74, 6) is -0.348. The molecule has 2 heterocycles. The van der Waals surface area contributed by atoms with E-state index in [9.17, 15) is 9.59 Å². The van der Waals surface area contributed by atoms with Crippen LogP contribution in [0.4, 0.5) is 0 Å². The van der Waals surface area contributed by atoms with E-state index < -0.39 is 11.6 Å². The molecule has 1 saturated heterocycles. The molecule has 5 heteroatoms. The molecular weight excluding hydrogens is 354 g/mol. The number of carboxylic acid groups (broad SMARTS) is 1. The zero-order valence-electron chi connectivity index (χ0n) is 15.6. The van der Waals surface area contributed by atoms with Gasteiger partial charge in [0.2, 0.25) is 0 Å². The summed E-state index contributed by atoms with van der Waals surface area (Å²) in [6, 6.07) is 15.6. The van der Waals surface area contributed by atoms with Crippen molar-refractivity contribution >= 4 is 17.8 Å². The van der Waals surface area contributed by atoms with Gasteiger partial charge in [0, 0.05) is 19.2 Å². The maximum Gasteiger partial charge on any atom is 0.328 e. The molecule has 2 aromatic carbocycles. The number of aliphatic carboxylic acids is 1. The number of ether oxygens (including phenoxy) is 1. The Balaban J connectivity index is 1.52. The molecule has 144 valence electrons. The van der Waals surface area contributed by atoms with Gasteiger partial charge in [-0.1, -0.05) is 36.4 Å². The highest BCUT2D eigenvalue weighted by Crippen LogP contribution is 2.39. The second-order valence-electron chi connectivity index (χ2n) is 7.61. The fraction of sp³-hybridized carbons (Fsp3) is 0.304. The SMILES string of the molecule is O=C(O)/C=C/c1ccc2c(c1)C(=O)CC1(CCCN(Cc3ccccc3)C1)O2. The number of carboxylic acids is 1. The van der Waals surface area contributed by atoms with Gasteiger partial charge in [0.15, 0.2) is 5.78 Å². The van der Waals surface area contributed by atoms with E-state index in [0.717, 1.165) is 38.6 Å². The number of ketones is 1. The second kappa shape index (κ2) is 7.60. The number of rotatable bonds is 4. The Hall–Kier alpha value is -2.92. The number of nitrogens with zero attached hydrogens (tertiary/aromatic N) is 1. The summed E-state index contributed by atoms with van der Waals surface area (Å²) < 4.78 is 6.38. The van der Waals surface area contributed by atoms with E-state index in [1.807, 2.05) is 18.2 Å². The summed E-state index contributed by atoms with van der Waals surface area (Å²) in [5, 5.41) is 8.78. The minimum atomic E-state index is -1.01. The van der Waals surface area contributed by atoms with Crippen LogP contribution in [-0.2, 0) is 11.3 Å². The van der Waals surface area contributed by atoms with Crippen molar-refractivity contribution < 1.29 is 19.4 Å². The molecule has 5 nitrogen and oxygen atoms in total. The van der Waals surface area contributed by atoms with Crippen LogP contribution >= 0.6 is 0 Å². The van der Waals surface area contributed by atoms with Crippen LogP contribution in [0.2, 0.25) is 0 Å². The molecule has 0 radical (unpaired) electrons. The summed E-state index contributed by atoms with van der Waals surface area (Å²) in [7, 11) is 0. The van der Waals surface area contributed by atoms with E-state index in [-0.39, 0.29) is 5.78 Å². The monoisotopic (exact) mass is 377 g/mol. The molecule has 1 atom stereocenters. The number of likely N-dealkylation sites (tertiary alicyclic amines) is 1. The van der Waals surface area contributed by atoms with Gasteiger partial charge in [0.05, 0.1) is 12.0 Å². The van der Waals surface area contributed by atoms with Gasteiger partial charge in [-0.25, -0.2) is 4.79 Å². The number of hydrogen-bond donors (Lipinski definition) is 1. The first kappa shape index (κ1) is 18.4. The second-order valence-corrected chi connectivity index (χ2v) is 7.61. The lowest BCUT2D eigenvalue weighted by Crippen LogP contribution is -2.54. The van der Waals surface area contributed by atoms with Crippen molar-refractivity contribution in [2.75, 3.05) is 13.1 Å². The van der Waals surface area contributed by atoms with E-state index >= 15 is 0 Å². The van der Waals surface area contributed by atoms with Gasteiger partial charge in [-0.15, -0.1) is 0 Å². The Morgan fingerprint density at radius 1 is 1.21 bits per heavy atom. The van der Waals surface area contributed by atoms with Crippen LogP contribution in [0.15, 0.2) is 54.6 Å². The quantitative estimate of drug-likeness (QED) is 0.822. The first-order chi connectivity index (χ1) is 13.5. The fourth-order valence-corrected chi connectivity index (χ4v) is 4.18. The number of carbonyl (C=O) groups excluding carboxylic acids is 1. The van der Waals surface area contributed by atoms with Crippen molar-refractivity contribution in [1.29, 1.82) is 0 Å². The normalized spacial score (nSPS) is 22.2. The maximum absolute atomic E-state index is 12.9. The molecule has 0 bridgehead atoms. The number of fused-ring (bicyclic) bond motifs is 1. The molecule has 1 spiro atoms. The number of carbonyl (C=O) groups is 2. The van der Waals surface area contributed by atoms with Gasteiger partial charge in [0.1, 0.15) is 11.4 Å². The van der Waals surface area contributed by atoms with Crippen molar-refractivity contribution in [3.05, 3.63) is 71.3 Å². The van der Waals surface area contributed by atoms with Crippen LogP contribution in [0.3, 0.4) is 0 Å². The van der Waals surface area contributed by atoms with Crippen LogP contribution < -0.4 is 4.74 Å². The number of benzene rings is 2. The molecule has 2 aliphatic heterocycles. The third-order valence-corrected chi connectivity index (χ3v) is 5.40. The molecule has 4 rings (SSSR count). The number of hydrogen-bond acceptors (Lipinski definition) is 4. The van der Waals surface area contributed by atoms with E-state index in [0.29, 0.717) is 23.3 Å². The van der Waals surface area contributed by atoms with Gasteiger partial charge < -0.3 is 9.84 Å². The third kappa shape index (κ3) is 3.99. The lowest BCUT2D eigenvalue weighted by atomic mass is 9.83. The number of Topliss-reactive ketones (excluding diaryl/α,β-unsaturated/α-hetero) is 1. The number of piperidine rings is 1. The van der Waals surface area contributed by atoms with Gasteiger partial charge in [-0.3, -0.25) is 9.69 Å². The predicted molar refractivity (Wildman–Crippen MR) is 106 cm³/mol. The Morgan fingerprint density at radius 3 is 2.82 bits per heavy atom. The van der Waals surface area contributed by atoms with Crippen LogP contribution in [0.5, 0.6) is 5.75 Å². The lowest BCUT2D eigenvalue weighted by Gasteiger charge is -2.45. The molecule has 28 heavy (non-hydrogen) atoms. The van der Waals surface area contributed by atoms with Gasteiger partial charge >= 0.3 is 5.97 Å². The van der Waals surface area contributed by atoms with Crippen LogP contribution in [-0.4, -0.2) is 40.4 Å². The Labute approximate surface area is 164 Å². The first-order valence-corrected chi connectivity index (χ1v) is 9.57. The molecule has 1 fully saturated rings. The molecular formula is C23H23NO4. The topological polar surface area (TPSA) is 66.8 Å². The van der Waals surface area contributed by atoms with Crippen molar-refractivity contribution in [3.8, 4) is 5.75 Å². The summed E-state index contributed by atoms with van der Waals surface area (Å²) >= 11 is 0. The van der Waals surface area contributed by atoms with E-state index in [1.165, 1.54) is 11.6 Å². The van der Waals surface area contributed by atoms with Crippen LogP contribution in [0, 0.1) is 0 Å². The van der Waals surface area contributed by atoms with Crippen molar-refractivity contribution in [3.63, 3.8) is 0 Å². The molecule has 0 amide bonds. The first-order valence-electron chi connectivity index (χ1n) is 9.57. The molecule has 1 N–H and O–H groups in total. The van der Waals surface area contributed by atoms with E-state index in [4.69, 9.17) is 9.84 Å². The highest BCUT2D eigenvalue weighted by molar-refractivity contribution is 6.01. The summed E-state index contributed by atoms with van der Waals surface area (Å²) in [6.45, 7) is 2.58. The molecule has 1 unspecified atom stereocenters. The van der Waals surface area contributed by atoms with Gasteiger partial charge in [-0.05, 0) is 48.7 Å². The standard InChI is InChI=1S/C23H23NO4/c25-20-14-23(11-4-12-24(16-23)15-18-5-2-1-3-6-18)28-21-9-7-17(13-19(20)21)8-10-22(26)27/h1-3,5-10,13H,4,11-12,14-16H2,(H,26,27)/b10-8+. The summed E-state index contributed by atoms with van der Waals surface area (Å²) in [5.41, 5.74) is 2.01. The minimum absolute atomic E-state index is 0.0633. The van der Waals surface area contributed by atoms with E-state index in [1.54, 1.807) is 18.2 Å².